The fourth-order valence-corrected chi connectivity index (χ4v) is 4.22. The molecule has 4 rings (SSSR count). The Kier molecular flexibility index (Phi) is 5.97. The van der Waals surface area contributed by atoms with Crippen LogP contribution in [0.4, 0.5) is 11.5 Å². The summed E-state index contributed by atoms with van der Waals surface area (Å²) in [6.07, 6.45) is 5.04. The van der Waals surface area contributed by atoms with Gasteiger partial charge in [0.25, 0.3) is 0 Å². The number of nitrogens with zero attached hydrogens (tertiary/aromatic N) is 2. The number of rotatable bonds is 6. The third-order valence-electron chi connectivity index (χ3n) is 4.73. The van der Waals surface area contributed by atoms with Gasteiger partial charge in [0.1, 0.15) is 5.82 Å². The zero-order chi connectivity index (χ0) is 18.5. The van der Waals surface area contributed by atoms with E-state index in [1.165, 1.54) is 21.7 Å². The molecule has 27 heavy (non-hydrogen) atoms. The van der Waals surface area contributed by atoms with E-state index in [2.05, 4.69) is 40.0 Å². The minimum Gasteiger partial charge on any atom is -0.326 e. The molecule has 0 radical (unpaired) electrons. The SMILES string of the molecule is Clc1ccc(SNCCCN2c3ccccc3CCc3cccnc32)cc1. The summed E-state index contributed by atoms with van der Waals surface area (Å²) in [5, 5.41) is 0.769. The highest BCUT2D eigenvalue weighted by Crippen LogP contribution is 2.34. The maximum atomic E-state index is 5.94. The van der Waals surface area contributed by atoms with E-state index in [9.17, 15) is 0 Å². The van der Waals surface area contributed by atoms with Crippen LogP contribution in [0.1, 0.15) is 17.5 Å². The summed E-state index contributed by atoms with van der Waals surface area (Å²) in [6, 6.07) is 20.9. The molecule has 0 fully saturated rings. The minimum atomic E-state index is 0.769. The van der Waals surface area contributed by atoms with Crippen molar-refractivity contribution >= 4 is 35.1 Å². The molecule has 3 nitrogen and oxygen atoms in total. The van der Waals surface area contributed by atoms with E-state index in [0.717, 1.165) is 43.2 Å². The zero-order valence-electron chi connectivity index (χ0n) is 15.1. The van der Waals surface area contributed by atoms with Crippen LogP contribution in [0, 0.1) is 0 Å². The van der Waals surface area contributed by atoms with Crippen LogP contribution in [0.5, 0.6) is 0 Å². The Morgan fingerprint density at radius 1 is 0.963 bits per heavy atom. The normalized spacial score (nSPS) is 13.0. The van der Waals surface area contributed by atoms with Crippen molar-refractivity contribution in [2.24, 2.45) is 0 Å². The van der Waals surface area contributed by atoms with Crippen molar-refractivity contribution in [2.75, 3.05) is 18.0 Å². The maximum absolute atomic E-state index is 5.94. The number of aryl methyl sites for hydroxylation is 2. The van der Waals surface area contributed by atoms with Gasteiger partial charge >= 0.3 is 0 Å². The summed E-state index contributed by atoms with van der Waals surface area (Å²) in [4.78, 5) is 8.26. The quantitative estimate of drug-likeness (QED) is 0.430. The second-order valence-electron chi connectivity index (χ2n) is 6.57. The highest BCUT2D eigenvalue weighted by molar-refractivity contribution is 7.97. The van der Waals surface area contributed by atoms with E-state index in [1.54, 1.807) is 11.9 Å². The summed E-state index contributed by atoms with van der Waals surface area (Å²) in [5.74, 6) is 1.10. The Morgan fingerprint density at radius 2 is 1.74 bits per heavy atom. The number of hydrogen-bond donors (Lipinski definition) is 1. The van der Waals surface area contributed by atoms with Gasteiger partial charge in [-0.25, -0.2) is 4.98 Å². The number of para-hydroxylation sites is 1. The molecule has 0 atom stereocenters. The van der Waals surface area contributed by atoms with Crippen molar-refractivity contribution in [3.05, 3.63) is 83.0 Å². The van der Waals surface area contributed by atoms with Gasteiger partial charge in [0.2, 0.25) is 0 Å². The highest BCUT2D eigenvalue weighted by atomic mass is 35.5. The minimum absolute atomic E-state index is 0.769. The van der Waals surface area contributed by atoms with Crippen LogP contribution < -0.4 is 9.62 Å². The molecule has 0 amide bonds. The van der Waals surface area contributed by atoms with Crippen LogP contribution in [0.3, 0.4) is 0 Å². The Morgan fingerprint density at radius 3 is 2.63 bits per heavy atom. The second-order valence-corrected chi connectivity index (χ2v) is 7.97. The number of nitrogens with one attached hydrogen (secondary N) is 1. The topological polar surface area (TPSA) is 28.2 Å². The van der Waals surface area contributed by atoms with E-state index < -0.39 is 0 Å². The number of halogens is 1. The van der Waals surface area contributed by atoms with Gasteiger partial charge < -0.3 is 4.90 Å². The Balaban J connectivity index is 1.41. The first-order chi connectivity index (χ1) is 13.3. The highest BCUT2D eigenvalue weighted by Gasteiger charge is 2.20. The maximum Gasteiger partial charge on any atom is 0.136 e. The van der Waals surface area contributed by atoms with E-state index in [-0.39, 0.29) is 0 Å². The first kappa shape index (κ1) is 18.4. The van der Waals surface area contributed by atoms with E-state index >= 15 is 0 Å². The lowest BCUT2D eigenvalue weighted by atomic mass is 10.1. The summed E-state index contributed by atoms with van der Waals surface area (Å²) in [6.45, 7) is 1.86. The standard InChI is InChI=1S/C22H22ClN3S/c23-19-10-12-20(13-11-19)27-25-15-4-16-26-21-7-2-1-5-17(21)8-9-18-6-3-14-24-22(18)26/h1-3,5-7,10-14,25H,4,8-9,15-16H2. The van der Waals surface area contributed by atoms with E-state index in [0.29, 0.717) is 0 Å². The Bertz CT molecular complexity index is 851. The molecule has 0 unspecified atom stereocenters. The molecule has 0 saturated carbocycles. The molecular formula is C22H22ClN3S. The molecule has 2 aromatic carbocycles. The molecule has 0 saturated heterocycles. The van der Waals surface area contributed by atoms with Crippen molar-refractivity contribution in [3.63, 3.8) is 0 Å². The van der Waals surface area contributed by atoms with Crippen LogP contribution in [0.15, 0.2) is 71.8 Å². The van der Waals surface area contributed by atoms with Crippen molar-refractivity contribution < 1.29 is 0 Å². The van der Waals surface area contributed by atoms with Gasteiger partial charge in [-0.3, -0.25) is 4.72 Å². The number of benzene rings is 2. The first-order valence-corrected chi connectivity index (χ1v) is 10.5. The zero-order valence-corrected chi connectivity index (χ0v) is 16.6. The molecule has 0 spiro atoms. The molecule has 1 aromatic heterocycles. The first-order valence-electron chi connectivity index (χ1n) is 9.26. The average molecular weight is 396 g/mol. The lowest BCUT2D eigenvalue weighted by Gasteiger charge is -2.25. The molecule has 1 aliphatic rings. The predicted octanol–water partition coefficient (Wildman–Crippen LogP) is 5.66. The molecule has 0 aliphatic carbocycles. The number of pyridine rings is 1. The van der Waals surface area contributed by atoms with Gasteiger partial charge in [0, 0.05) is 34.9 Å². The summed E-state index contributed by atoms with van der Waals surface area (Å²) in [5.41, 5.74) is 4.02. The third-order valence-corrected chi connectivity index (χ3v) is 5.84. The molecule has 3 aromatic rings. The molecular weight excluding hydrogens is 374 g/mol. The lowest BCUT2D eigenvalue weighted by molar-refractivity contribution is 0.781. The molecule has 138 valence electrons. The van der Waals surface area contributed by atoms with Gasteiger partial charge in [-0.15, -0.1) is 0 Å². The molecule has 5 heteroatoms. The number of aromatic nitrogens is 1. The van der Waals surface area contributed by atoms with Gasteiger partial charge in [-0.1, -0.05) is 35.9 Å². The molecule has 1 N–H and O–H groups in total. The summed E-state index contributed by atoms with van der Waals surface area (Å²) >= 11 is 7.58. The van der Waals surface area contributed by atoms with E-state index in [4.69, 9.17) is 16.6 Å². The largest absolute Gasteiger partial charge is 0.326 e. The summed E-state index contributed by atoms with van der Waals surface area (Å²) in [7, 11) is 0. The Labute approximate surface area is 169 Å². The van der Waals surface area contributed by atoms with Crippen LogP contribution in [0.2, 0.25) is 5.02 Å². The summed E-state index contributed by atoms with van der Waals surface area (Å²) < 4.78 is 3.45. The van der Waals surface area contributed by atoms with E-state index in [1.807, 2.05) is 36.5 Å². The molecule has 1 aliphatic heterocycles. The van der Waals surface area contributed by atoms with Crippen molar-refractivity contribution in [1.82, 2.24) is 9.71 Å². The molecule has 2 heterocycles. The lowest BCUT2D eigenvalue weighted by Crippen LogP contribution is -2.23. The van der Waals surface area contributed by atoms with Crippen LogP contribution in [-0.2, 0) is 12.8 Å². The number of hydrogen-bond acceptors (Lipinski definition) is 4. The number of anilines is 2. The number of fused-ring (bicyclic) bond motifs is 2. The van der Waals surface area contributed by atoms with Gasteiger partial charge in [0.05, 0.1) is 0 Å². The average Bonchev–Trinajstić information content (AvgIpc) is 2.86. The smallest absolute Gasteiger partial charge is 0.136 e. The van der Waals surface area contributed by atoms with Gasteiger partial charge in [-0.2, -0.15) is 0 Å². The third kappa shape index (κ3) is 4.46. The van der Waals surface area contributed by atoms with Gasteiger partial charge in [-0.05, 0) is 78.7 Å². The van der Waals surface area contributed by atoms with Crippen LogP contribution in [0.25, 0.3) is 0 Å². The second kappa shape index (κ2) is 8.79. The van der Waals surface area contributed by atoms with Crippen molar-refractivity contribution in [1.29, 1.82) is 0 Å². The van der Waals surface area contributed by atoms with Crippen molar-refractivity contribution in [2.45, 2.75) is 24.2 Å². The van der Waals surface area contributed by atoms with Gasteiger partial charge in [0.15, 0.2) is 0 Å². The fourth-order valence-electron chi connectivity index (χ4n) is 3.41. The Hall–Kier alpha value is -2.01. The predicted molar refractivity (Wildman–Crippen MR) is 115 cm³/mol. The molecule has 0 bridgehead atoms. The fraction of sp³-hybridized carbons (Fsp3) is 0.227. The van der Waals surface area contributed by atoms with Crippen molar-refractivity contribution in [3.8, 4) is 0 Å². The van der Waals surface area contributed by atoms with Crippen LogP contribution in [-0.4, -0.2) is 18.1 Å². The van der Waals surface area contributed by atoms with Crippen LogP contribution >= 0.6 is 23.5 Å². The monoisotopic (exact) mass is 395 g/mol.